The van der Waals surface area contributed by atoms with Crippen molar-refractivity contribution in [2.45, 2.75) is 69.8 Å². The van der Waals surface area contributed by atoms with E-state index in [2.05, 4.69) is 11.4 Å². The molecule has 14 nitrogen and oxygen atoms in total. The highest BCUT2D eigenvalue weighted by atomic mass is 16.5. The summed E-state index contributed by atoms with van der Waals surface area (Å²) in [5.74, 6) is 1.67. The van der Waals surface area contributed by atoms with Crippen molar-refractivity contribution in [3.05, 3.63) is 63.4 Å². The van der Waals surface area contributed by atoms with Crippen LogP contribution in [0.3, 0.4) is 0 Å². The number of nitrogens with one attached hydrogen (secondary N) is 1. The number of rotatable bonds is 10. The molecule has 1 saturated heterocycles. The number of phenolic OH excluding ortho intramolecular Hbond substituents is 2. The summed E-state index contributed by atoms with van der Waals surface area (Å²) in [6.07, 6.45) is 2.03. The summed E-state index contributed by atoms with van der Waals surface area (Å²) in [7, 11) is 9.94. The second-order valence-corrected chi connectivity index (χ2v) is 14.8. The van der Waals surface area contributed by atoms with Crippen molar-refractivity contribution >= 4 is 16.9 Å². The number of nitrogens with zero attached hydrogens (tertiary/aromatic N) is 3. The number of likely N-dealkylation sites (N-methyl/N-ethyl adjacent to an activating group) is 1. The van der Waals surface area contributed by atoms with E-state index >= 15 is 0 Å². The predicted octanol–water partition coefficient (Wildman–Crippen LogP) is 5.50. The van der Waals surface area contributed by atoms with Gasteiger partial charge in [0, 0.05) is 71.3 Å². The van der Waals surface area contributed by atoms with E-state index in [1.54, 1.807) is 26.4 Å². The zero-order valence-electron chi connectivity index (χ0n) is 33.1. The van der Waals surface area contributed by atoms with Crippen molar-refractivity contribution in [1.29, 1.82) is 5.26 Å². The first kappa shape index (κ1) is 38.9. The summed E-state index contributed by atoms with van der Waals surface area (Å²) in [5, 5.41) is 38.7. The van der Waals surface area contributed by atoms with Gasteiger partial charge in [-0.05, 0) is 46.5 Å². The molecule has 3 aliphatic heterocycles. The number of phenols is 2. The molecule has 14 heteroatoms. The molecule has 2 unspecified atom stereocenters. The fourth-order valence-electron chi connectivity index (χ4n) is 9.25. The monoisotopic (exact) mass is 770 g/mol. The summed E-state index contributed by atoms with van der Waals surface area (Å²) in [4.78, 5) is 18.1. The molecule has 4 aromatic rings. The number of ether oxygens (including phenoxy) is 6. The van der Waals surface area contributed by atoms with E-state index in [1.165, 1.54) is 14.2 Å². The van der Waals surface area contributed by atoms with Gasteiger partial charge in [-0.2, -0.15) is 5.26 Å². The van der Waals surface area contributed by atoms with Gasteiger partial charge in [-0.3, -0.25) is 9.69 Å². The molecule has 56 heavy (non-hydrogen) atoms. The maximum absolute atomic E-state index is 14.1. The fraction of sp³-hybridized carbons (Fsp3) is 0.476. The first-order valence-corrected chi connectivity index (χ1v) is 18.8. The second-order valence-electron chi connectivity index (χ2n) is 14.8. The maximum Gasteiger partial charge on any atom is 0.287 e. The van der Waals surface area contributed by atoms with Crippen molar-refractivity contribution in [2.24, 2.45) is 0 Å². The van der Waals surface area contributed by atoms with Crippen LogP contribution in [-0.4, -0.2) is 106 Å². The zero-order chi connectivity index (χ0) is 40.0. The van der Waals surface area contributed by atoms with E-state index in [4.69, 9.17) is 32.8 Å². The molecule has 3 aliphatic rings. The van der Waals surface area contributed by atoms with E-state index < -0.39 is 30.1 Å². The van der Waals surface area contributed by atoms with E-state index in [-0.39, 0.29) is 47.8 Å². The number of carbonyl (C=O) groups is 1. The molecule has 4 atom stereocenters. The summed E-state index contributed by atoms with van der Waals surface area (Å²) in [6, 6.07) is 7.13. The molecule has 4 heterocycles. The smallest absolute Gasteiger partial charge is 0.287 e. The third kappa shape index (κ3) is 6.37. The number of hydrogen-bond donors (Lipinski definition) is 3. The van der Waals surface area contributed by atoms with Crippen LogP contribution < -0.4 is 29.0 Å². The Morgan fingerprint density at radius 3 is 2.12 bits per heavy atom. The molecule has 0 aliphatic carbocycles. The number of amides is 1. The zero-order valence-corrected chi connectivity index (χ0v) is 33.1. The molecule has 1 fully saturated rings. The summed E-state index contributed by atoms with van der Waals surface area (Å²) in [6.45, 7) is 4.85. The Morgan fingerprint density at radius 1 is 0.929 bits per heavy atom. The lowest BCUT2D eigenvalue weighted by molar-refractivity contribution is 0.0262. The minimum Gasteiger partial charge on any atom is -0.504 e. The molecule has 0 bridgehead atoms. The van der Waals surface area contributed by atoms with Crippen LogP contribution in [0.15, 0.2) is 28.7 Å². The lowest BCUT2D eigenvalue weighted by Gasteiger charge is -2.48. The predicted molar refractivity (Wildman–Crippen MR) is 207 cm³/mol. The maximum atomic E-state index is 14.1. The molecule has 298 valence electrons. The van der Waals surface area contributed by atoms with Crippen LogP contribution in [0.2, 0.25) is 0 Å². The average Bonchev–Trinajstić information content (AvgIpc) is 3.57. The van der Waals surface area contributed by atoms with Crippen molar-refractivity contribution in [1.82, 2.24) is 15.1 Å². The minimum absolute atomic E-state index is 0.00291. The van der Waals surface area contributed by atoms with Crippen LogP contribution in [-0.2, 0) is 17.6 Å². The second kappa shape index (κ2) is 15.6. The van der Waals surface area contributed by atoms with Gasteiger partial charge in [0.05, 0.1) is 65.2 Å². The molecule has 1 amide bonds. The van der Waals surface area contributed by atoms with Gasteiger partial charge in [0.1, 0.15) is 35.0 Å². The van der Waals surface area contributed by atoms with E-state index in [0.29, 0.717) is 81.2 Å². The van der Waals surface area contributed by atoms with E-state index in [1.807, 2.05) is 49.9 Å². The van der Waals surface area contributed by atoms with E-state index in [9.17, 15) is 20.3 Å². The van der Waals surface area contributed by atoms with Crippen LogP contribution in [0.25, 0.3) is 11.0 Å². The van der Waals surface area contributed by atoms with Gasteiger partial charge in [0.2, 0.25) is 0 Å². The Morgan fingerprint density at radius 2 is 1.54 bits per heavy atom. The summed E-state index contributed by atoms with van der Waals surface area (Å²) < 4.78 is 41.3. The highest BCUT2D eigenvalue weighted by Gasteiger charge is 2.50. The molecule has 0 spiro atoms. The van der Waals surface area contributed by atoms with Crippen molar-refractivity contribution in [3.63, 3.8) is 0 Å². The SMILES string of the molecule is COc1c(C)c(OC)c2c(c1O)C(CNC(=O)c1cc3c(OC4CCOCC4)cccc3o1)N1C(C2)[C@H](N(C)C)c2c(O)c(OC)c(C)c(OC)c2C[C@@H]1C#N. The Bertz CT molecular complexity index is 2190. The van der Waals surface area contributed by atoms with Gasteiger partial charge in [0.15, 0.2) is 28.8 Å². The Labute approximate surface area is 326 Å². The fourth-order valence-corrected chi connectivity index (χ4v) is 9.25. The standard InChI is InChI=1S/C42H50N4O10/c1-21-38(50-5)26-16-23(19-43)46-28(35(45(3)4)34(26)37(48)41(21)53-8)17-27-33(36(47)40(52-7)22(2)39(27)51-6)29(46)20-44-42(49)32-18-25-30(10-9-11-31(25)56-32)55-24-12-14-54-15-13-24/h9-11,18,23-24,28-29,35,47-48H,12-17,20H2,1-8H3,(H,44,49)/t23-,28?,29?,35+/m1/s1. The van der Waals surface area contributed by atoms with Crippen molar-refractivity contribution in [3.8, 4) is 46.3 Å². The summed E-state index contributed by atoms with van der Waals surface area (Å²) in [5.41, 5.74) is 4.18. The Hall–Kier alpha value is -5.36. The van der Waals surface area contributed by atoms with Crippen LogP contribution in [0.1, 0.15) is 68.9 Å². The van der Waals surface area contributed by atoms with Crippen LogP contribution in [0.5, 0.6) is 40.2 Å². The van der Waals surface area contributed by atoms with Crippen molar-refractivity contribution in [2.75, 3.05) is 62.3 Å². The van der Waals surface area contributed by atoms with Crippen LogP contribution in [0.4, 0.5) is 0 Å². The molecule has 1 aromatic heterocycles. The summed E-state index contributed by atoms with van der Waals surface area (Å²) >= 11 is 0. The van der Waals surface area contributed by atoms with Gasteiger partial charge in [-0.15, -0.1) is 0 Å². The Balaban J connectivity index is 1.35. The van der Waals surface area contributed by atoms with Crippen LogP contribution in [0, 0.1) is 25.2 Å². The molecule has 0 radical (unpaired) electrons. The van der Waals surface area contributed by atoms with Crippen molar-refractivity contribution < 1.29 is 47.8 Å². The highest BCUT2D eigenvalue weighted by Crippen LogP contribution is 2.56. The number of benzene rings is 3. The quantitative estimate of drug-likeness (QED) is 0.185. The molecular formula is C42H50N4O10. The Kier molecular flexibility index (Phi) is 10.9. The molecular weight excluding hydrogens is 720 g/mol. The number of carbonyl (C=O) groups excluding carboxylic acids is 1. The molecule has 7 rings (SSSR count). The number of aromatic hydroxyl groups is 2. The number of hydrogen-bond acceptors (Lipinski definition) is 13. The average molecular weight is 771 g/mol. The molecule has 0 saturated carbocycles. The minimum atomic E-state index is -0.798. The van der Waals surface area contributed by atoms with Gasteiger partial charge < -0.3 is 53.3 Å². The van der Waals surface area contributed by atoms with Gasteiger partial charge >= 0.3 is 0 Å². The topological polar surface area (TPSA) is 168 Å². The number of methoxy groups -OCH3 is 4. The normalized spacial score (nSPS) is 21.0. The third-order valence-electron chi connectivity index (χ3n) is 11.6. The lowest BCUT2D eigenvalue weighted by atomic mass is 9.80. The number of nitriles is 1. The van der Waals surface area contributed by atoms with Crippen LogP contribution >= 0.6 is 0 Å². The number of fused-ring (bicyclic) bond motifs is 4. The number of furan rings is 1. The molecule has 3 N–H and O–H groups in total. The largest absolute Gasteiger partial charge is 0.504 e. The van der Waals surface area contributed by atoms with Gasteiger partial charge in [-0.25, -0.2) is 0 Å². The van der Waals surface area contributed by atoms with Gasteiger partial charge in [-0.1, -0.05) is 6.07 Å². The van der Waals surface area contributed by atoms with E-state index in [0.717, 1.165) is 12.8 Å². The first-order chi connectivity index (χ1) is 27.0. The highest BCUT2D eigenvalue weighted by molar-refractivity contribution is 5.97. The first-order valence-electron chi connectivity index (χ1n) is 18.8. The van der Waals surface area contributed by atoms with Gasteiger partial charge in [0.25, 0.3) is 5.91 Å². The molecule has 3 aromatic carbocycles. The third-order valence-corrected chi connectivity index (χ3v) is 11.6. The lowest BCUT2D eigenvalue weighted by Crippen LogP contribution is -2.55.